The highest BCUT2D eigenvalue weighted by atomic mass is 28.3. The monoisotopic (exact) mass is 630 g/mol. The molecule has 1 aliphatic heterocycles. The second kappa shape index (κ2) is 15.3. The molecule has 0 radical (unpaired) electrons. The number of amides is 1. The number of carbonyl (C=O) groups excluding carboxylic acids is 1. The molecule has 242 valence electrons. The lowest BCUT2D eigenvalue weighted by Crippen LogP contribution is -2.33. The van der Waals surface area contributed by atoms with Crippen LogP contribution in [0.15, 0.2) is 42.7 Å². The number of fused-ring (bicyclic) bond motifs is 2. The van der Waals surface area contributed by atoms with Gasteiger partial charge in [-0.15, -0.1) is 0 Å². The molecule has 4 aromatic rings. The van der Waals surface area contributed by atoms with E-state index in [4.69, 9.17) is 14.7 Å². The average Bonchev–Trinajstić information content (AvgIpc) is 3.39. The molecule has 5 rings (SSSR count). The molecule has 0 unspecified atom stereocenters. The highest BCUT2D eigenvalue weighted by molar-refractivity contribution is 6.76. The van der Waals surface area contributed by atoms with Gasteiger partial charge in [-0.05, 0) is 83.3 Å². The third-order valence-electron chi connectivity index (χ3n) is 8.33. The standard InChI is InChI=1S/C34H50N8O2Si/c1-40(2)19-15-37-34(43)33-39-31-22-26(10-11-32(31)42(33)25-44-20-21-45(3,4)5)29-23-30(27-24-35-14-12-28(27)38-29)36-13-9-18-41-16-7-6-8-17-41/h10-12,14,22-24H,6-9,13,15-21,25H2,1-5H3,(H,36,38)(H,37,43). The van der Waals surface area contributed by atoms with Gasteiger partial charge in [0.15, 0.2) is 0 Å². The van der Waals surface area contributed by atoms with E-state index in [2.05, 4.69) is 52.3 Å². The van der Waals surface area contributed by atoms with Crippen molar-refractivity contribution in [2.45, 2.75) is 58.1 Å². The van der Waals surface area contributed by atoms with Crippen molar-refractivity contribution in [3.63, 3.8) is 0 Å². The maximum absolute atomic E-state index is 13.3. The maximum Gasteiger partial charge on any atom is 0.287 e. The Morgan fingerprint density at radius 2 is 1.84 bits per heavy atom. The third kappa shape index (κ3) is 9.09. The highest BCUT2D eigenvalue weighted by Gasteiger charge is 2.20. The van der Waals surface area contributed by atoms with Crippen LogP contribution in [-0.2, 0) is 11.5 Å². The molecule has 0 atom stereocenters. The topological polar surface area (TPSA) is 100 Å². The van der Waals surface area contributed by atoms with E-state index in [-0.39, 0.29) is 12.6 Å². The fourth-order valence-electron chi connectivity index (χ4n) is 5.67. The molecular weight excluding hydrogens is 581 g/mol. The summed E-state index contributed by atoms with van der Waals surface area (Å²) in [6.45, 7) is 13.7. The molecule has 11 heteroatoms. The van der Waals surface area contributed by atoms with E-state index in [1.165, 1.54) is 32.4 Å². The highest BCUT2D eigenvalue weighted by Crippen LogP contribution is 2.30. The summed E-state index contributed by atoms with van der Waals surface area (Å²) in [5.74, 6) is 0.165. The zero-order valence-electron chi connectivity index (χ0n) is 27.7. The van der Waals surface area contributed by atoms with E-state index >= 15 is 0 Å². The quantitative estimate of drug-likeness (QED) is 0.131. The van der Waals surface area contributed by atoms with Crippen LogP contribution >= 0.6 is 0 Å². The summed E-state index contributed by atoms with van der Waals surface area (Å²) < 4.78 is 7.99. The largest absolute Gasteiger partial charge is 0.384 e. The van der Waals surface area contributed by atoms with Gasteiger partial charge in [0.1, 0.15) is 6.73 Å². The number of hydrogen-bond acceptors (Lipinski definition) is 8. The Bertz CT molecular complexity index is 1580. The molecule has 3 aromatic heterocycles. The summed E-state index contributed by atoms with van der Waals surface area (Å²) in [6, 6.07) is 11.2. The van der Waals surface area contributed by atoms with Crippen molar-refractivity contribution in [3.8, 4) is 11.3 Å². The molecule has 1 aromatic carbocycles. The van der Waals surface area contributed by atoms with Crippen LogP contribution in [0.1, 0.15) is 36.3 Å². The number of carbonyl (C=O) groups is 1. The van der Waals surface area contributed by atoms with Gasteiger partial charge in [-0.1, -0.05) is 32.1 Å². The van der Waals surface area contributed by atoms with E-state index in [1.807, 2.05) is 48.0 Å². The summed E-state index contributed by atoms with van der Waals surface area (Å²) in [5.41, 5.74) is 5.33. The predicted molar refractivity (Wildman–Crippen MR) is 187 cm³/mol. The lowest BCUT2D eigenvalue weighted by Gasteiger charge is -2.26. The van der Waals surface area contributed by atoms with E-state index in [0.29, 0.717) is 19.0 Å². The number of rotatable bonds is 15. The van der Waals surface area contributed by atoms with Crippen molar-refractivity contribution < 1.29 is 9.53 Å². The van der Waals surface area contributed by atoms with Crippen LogP contribution in [0.2, 0.25) is 25.7 Å². The molecule has 10 nitrogen and oxygen atoms in total. The van der Waals surface area contributed by atoms with Crippen molar-refractivity contribution in [3.05, 3.63) is 48.5 Å². The Morgan fingerprint density at radius 3 is 2.62 bits per heavy atom. The van der Waals surface area contributed by atoms with Crippen molar-refractivity contribution in [1.82, 2.24) is 34.6 Å². The predicted octanol–water partition coefficient (Wildman–Crippen LogP) is 5.54. The number of imidazole rings is 1. The Labute approximate surface area is 268 Å². The summed E-state index contributed by atoms with van der Waals surface area (Å²) >= 11 is 0. The molecule has 0 aliphatic carbocycles. The first-order valence-electron chi connectivity index (χ1n) is 16.4. The molecule has 1 fully saturated rings. The van der Waals surface area contributed by atoms with Crippen LogP contribution in [0.25, 0.3) is 33.2 Å². The van der Waals surface area contributed by atoms with Crippen molar-refractivity contribution in [2.24, 2.45) is 0 Å². The number of benzene rings is 1. The zero-order valence-corrected chi connectivity index (χ0v) is 28.7. The van der Waals surface area contributed by atoms with E-state index in [0.717, 1.165) is 71.0 Å². The summed E-state index contributed by atoms with van der Waals surface area (Å²) in [4.78, 5) is 32.1. The summed E-state index contributed by atoms with van der Waals surface area (Å²) in [6.07, 6.45) is 8.74. The smallest absolute Gasteiger partial charge is 0.287 e. The number of ether oxygens (including phenoxy) is 1. The number of hydrogen-bond donors (Lipinski definition) is 2. The number of aromatic nitrogens is 4. The molecular formula is C34H50N8O2Si. The summed E-state index contributed by atoms with van der Waals surface area (Å²) in [7, 11) is 2.74. The number of nitrogens with zero attached hydrogens (tertiary/aromatic N) is 6. The van der Waals surface area contributed by atoms with Gasteiger partial charge >= 0.3 is 0 Å². The molecule has 0 bridgehead atoms. The first-order chi connectivity index (χ1) is 21.7. The Balaban J connectivity index is 1.39. The van der Waals surface area contributed by atoms with Gasteiger partial charge < -0.3 is 25.2 Å². The molecule has 0 saturated carbocycles. The number of pyridine rings is 2. The SMILES string of the molecule is CN(C)CCNC(=O)c1nc2cc(-c3cc(NCCCN4CCCCC4)c4cnccc4n3)ccc2n1COCC[Si](C)(C)C. The molecule has 1 aliphatic rings. The van der Waals surface area contributed by atoms with Crippen LogP contribution in [0.4, 0.5) is 5.69 Å². The van der Waals surface area contributed by atoms with Crippen molar-refractivity contribution in [1.29, 1.82) is 0 Å². The Hall–Kier alpha value is -3.38. The van der Waals surface area contributed by atoms with E-state index < -0.39 is 8.07 Å². The number of anilines is 1. The molecule has 0 spiro atoms. The van der Waals surface area contributed by atoms with Gasteiger partial charge in [0.05, 0.1) is 22.2 Å². The molecule has 1 saturated heterocycles. The van der Waals surface area contributed by atoms with E-state index in [9.17, 15) is 4.79 Å². The summed E-state index contributed by atoms with van der Waals surface area (Å²) in [5, 5.41) is 7.71. The number of likely N-dealkylation sites (tertiary alicyclic amines) is 1. The normalized spacial score (nSPS) is 14.4. The van der Waals surface area contributed by atoms with Gasteiger partial charge in [-0.2, -0.15) is 0 Å². The lowest BCUT2D eigenvalue weighted by molar-refractivity contribution is 0.0801. The van der Waals surface area contributed by atoms with Crippen LogP contribution in [0.5, 0.6) is 0 Å². The minimum absolute atomic E-state index is 0.198. The third-order valence-corrected chi connectivity index (χ3v) is 10.0. The Kier molecular flexibility index (Phi) is 11.2. The number of piperidine rings is 1. The minimum atomic E-state index is -1.24. The van der Waals surface area contributed by atoms with Crippen LogP contribution in [0.3, 0.4) is 0 Å². The van der Waals surface area contributed by atoms with Crippen molar-refractivity contribution in [2.75, 3.05) is 65.3 Å². The molecule has 2 N–H and O–H groups in total. The van der Waals surface area contributed by atoms with E-state index in [1.54, 1.807) is 6.20 Å². The zero-order chi connectivity index (χ0) is 31.8. The maximum atomic E-state index is 13.3. The van der Waals surface area contributed by atoms with Crippen LogP contribution in [0, 0.1) is 0 Å². The van der Waals surface area contributed by atoms with Crippen molar-refractivity contribution >= 4 is 41.6 Å². The fraction of sp³-hybridized carbons (Fsp3) is 0.529. The number of likely N-dealkylation sites (N-methyl/N-ethyl adjacent to an activating group) is 1. The van der Waals surface area contributed by atoms with Crippen LogP contribution < -0.4 is 10.6 Å². The van der Waals surface area contributed by atoms with Gasteiger partial charge in [0, 0.05) is 63.3 Å². The van der Waals surface area contributed by atoms with Gasteiger partial charge in [-0.3, -0.25) is 14.3 Å². The second-order valence-corrected chi connectivity index (χ2v) is 19.2. The Morgan fingerprint density at radius 1 is 1.02 bits per heavy atom. The molecule has 4 heterocycles. The molecule has 1 amide bonds. The fourth-order valence-corrected chi connectivity index (χ4v) is 6.43. The second-order valence-electron chi connectivity index (χ2n) is 13.6. The number of nitrogens with one attached hydrogen (secondary N) is 2. The van der Waals surface area contributed by atoms with Gasteiger partial charge in [0.2, 0.25) is 5.82 Å². The molecule has 45 heavy (non-hydrogen) atoms. The van der Waals surface area contributed by atoms with Gasteiger partial charge in [0.25, 0.3) is 5.91 Å². The average molecular weight is 631 g/mol. The minimum Gasteiger partial charge on any atom is -0.384 e. The first kappa shape index (κ1) is 33.0. The van der Waals surface area contributed by atoms with Gasteiger partial charge in [-0.25, -0.2) is 9.97 Å². The first-order valence-corrected chi connectivity index (χ1v) is 20.1. The van der Waals surface area contributed by atoms with Crippen LogP contribution in [-0.4, -0.2) is 103 Å². The lowest BCUT2D eigenvalue weighted by atomic mass is 10.1.